The van der Waals surface area contributed by atoms with E-state index in [1.165, 1.54) is 0 Å². The molecule has 8 nitrogen and oxygen atoms in total. The highest BCUT2D eigenvalue weighted by atomic mass is 16.5. The summed E-state index contributed by atoms with van der Waals surface area (Å²) in [5, 5.41) is 0. The van der Waals surface area contributed by atoms with Crippen molar-refractivity contribution < 1.29 is 19.1 Å². The van der Waals surface area contributed by atoms with Crippen molar-refractivity contribution in [3.63, 3.8) is 0 Å². The topological polar surface area (TPSA) is 108 Å². The number of aromatic nitrogens is 2. The first-order valence-electron chi connectivity index (χ1n) is 9.24. The van der Waals surface area contributed by atoms with Gasteiger partial charge in [0, 0.05) is 44.1 Å². The minimum absolute atomic E-state index is 0.0498. The number of benzene rings is 1. The number of nitrogens with two attached hydrogens (primary N) is 1. The van der Waals surface area contributed by atoms with Crippen LogP contribution >= 0.6 is 0 Å². The van der Waals surface area contributed by atoms with E-state index in [1.54, 1.807) is 43.8 Å². The lowest BCUT2D eigenvalue weighted by Gasteiger charge is -2.32. The molecular weight excluding hydrogens is 360 g/mol. The molecule has 8 heteroatoms. The first kappa shape index (κ1) is 19.8. The van der Waals surface area contributed by atoms with Gasteiger partial charge in [-0.25, -0.2) is 4.98 Å². The zero-order chi connectivity index (χ0) is 19.9. The molecule has 1 atom stereocenters. The van der Waals surface area contributed by atoms with Crippen molar-refractivity contribution in [1.82, 2.24) is 14.9 Å². The van der Waals surface area contributed by atoms with Crippen LogP contribution in [0.25, 0.3) is 0 Å². The number of hydrogen-bond acceptors (Lipinski definition) is 6. The molecule has 1 saturated heterocycles. The van der Waals surface area contributed by atoms with Crippen LogP contribution in [0.5, 0.6) is 11.6 Å². The molecule has 1 aliphatic heterocycles. The van der Waals surface area contributed by atoms with Crippen molar-refractivity contribution in [3.8, 4) is 11.6 Å². The van der Waals surface area contributed by atoms with Crippen LogP contribution in [0.2, 0.25) is 0 Å². The molecular formula is C20H24N4O4. The molecule has 0 aliphatic carbocycles. The maximum Gasteiger partial charge on any atom is 0.248 e. The van der Waals surface area contributed by atoms with Crippen LogP contribution in [0, 0.1) is 0 Å². The number of rotatable bonds is 7. The third kappa shape index (κ3) is 4.83. The number of hydrogen-bond donors (Lipinski definition) is 1. The summed E-state index contributed by atoms with van der Waals surface area (Å²) in [6.45, 7) is 1.74. The van der Waals surface area contributed by atoms with Gasteiger partial charge in [0.25, 0.3) is 0 Å². The van der Waals surface area contributed by atoms with Gasteiger partial charge in [-0.05, 0) is 37.1 Å². The zero-order valence-electron chi connectivity index (χ0n) is 15.8. The Balaban J connectivity index is 1.74. The van der Waals surface area contributed by atoms with E-state index < -0.39 is 5.91 Å². The quantitative estimate of drug-likeness (QED) is 0.783. The first-order chi connectivity index (χ1) is 13.6. The van der Waals surface area contributed by atoms with Crippen molar-refractivity contribution in [1.29, 1.82) is 0 Å². The summed E-state index contributed by atoms with van der Waals surface area (Å²) < 4.78 is 10.9. The highest BCUT2D eigenvalue weighted by Gasteiger charge is 2.28. The van der Waals surface area contributed by atoms with Crippen molar-refractivity contribution in [3.05, 3.63) is 47.9 Å². The van der Waals surface area contributed by atoms with Gasteiger partial charge in [0.05, 0.1) is 13.0 Å². The summed E-state index contributed by atoms with van der Waals surface area (Å²) in [6.07, 6.45) is 5.38. The fourth-order valence-corrected chi connectivity index (χ4v) is 3.27. The van der Waals surface area contributed by atoms with Crippen molar-refractivity contribution in [2.45, 2.75) is 25.2 Å². The molecule has 2 N–H and O–H groups in total. The number of nitrogens with zero attached hydrogens (tertiary/aromatic N) is 3. The van der Waals surface area contributed by atoms with E-state index in [0.29, 0.717) is 36.8 Å². The number of amides is 2. The number of primary amides is 1. The fourth-order valence-electron chi connectivity index (χ4n) is 3.27. The molecule has 1 fully saturated rings. The highest BCUT2D eigenvalue weighted by Crippen LogP contribution is 2.32. The van der Waals surface area contributed by atoms with E-state index in [-0.39, 0.29) is 11.8 Å². The lowest BCUT2D eigenvalue weighted by Crippen LogP contribution is -2.39. The molecule has 0 unspecified atom stereocenters. The minimum Gasteiger partial charge on any atom is -0.437 e. The molecule has 3 rings (SSSR count). The van der Waals surface area contributed by atoms with Crippen molar-refractivity contribution in [2.24, 2.45) is 5.73 Å². The first-order valence-corrected chi connectivity index (χ1v) is 9.24. The molecule has 0 spiro atoms. The van der Waals surface area contributed by atoms with Crippen LogP contribution in [0.1, 0.15) is 41.2 Å². The molecule has 2 amide bonds. The Hall–Kier alpha value is -3.00. The Morgan fingerprint density at radius 3 is 2.68 bits per heavy atom. The van der Waals surface area contributed by atoms with Crippen molar-refractivity contribution >= 4 is 11.8 Å². The summed E-state index contributed by atoms with van der Waals surface area (Å²) >= 11 is 0. The van der Waals surface area contributed by atoms with E-state index in [2.05, 4.69) is 9.97 Å². The molecule has 2 heterocycles. The monoisotopic (exact) mass is 384 g/mol. The van der Waals surface area contributed by atoms with Gasteiger partial charge in [-0.1, -0.05) is 0 Å². The SMILES string of the molecule is COCCC(=O)N1CCC[C@@H](c2nccnc2Oc2ccc(C(N)=O)cc2)C1. The number of carbonyl (C=O) groups is 2. The van der Waals surface area contributed by atoms with Gasteiger partial charge in [-0.3, -0.25) is 14.6 Å². The molecule has 1 aromatic heterocycles. The number of piperidine rings is 1. The van der Waals surface area contributed by atoms with E-state index in [0.717, 1.165) is 25.1 Å². The summed E-state index contributed by atoms with van der Waals surface area (Å²) in [6, 6.07) is 6.54. The standard InChI is InChI=1S/C20H24N4O4/c1-27-12-8-17(25)24-11-2-3-15(13-24)18-20(23-10-9-22-18)28-16-6-4-14(5-7-16)19(21)26/h4-7,9-10,15H,2-3,8,11-13H2,1H3,(H2,21,26)/t15-/m1/s1. The summed E-state index contributed by atoms with van der Waals surface area (Å²) in [7, 11) is 1.59. The number of carbonyl (C=O) groups excluding carboxylic acids is 2. The maximum absolute atomic E-state index is 12.3. The summed E-state index contributed by atoms with van der Waals surface area (Å²) in [4.78, 5) is 34.2. The van der Waals surface area contributed by atoms with Crippen LogP contribution < -0.4 is 10.5 Å². The molecule has 1 aliphatic rings. The predicted octanol–water partition coefficient (Wildman–Crippen LogP) is 2.11. The molecule has 148 valence electrons. The van der Waals surface area contributed by atoms with Gasteiger partial charge in [-0.15, -0.1) is 0 Å². The molecule has 0 saturated carbocycles. The Labute approximate surface area is 163 Å². The average molecular weight is 384 g/mol. The fraction of sp³-hybridized carbons (Fsp3) is 0.400. The second-order valence-electron chi connectivity index (χ2n) is 6.66. The lowest BCUT2D eigenvalue weighted by atomic mass is 9.94. The third-order valence-electron chi connectivity index (χ3n) is 4.73. The highest BCUT2D eigenvalue weighted by molar-refractivity contribution is 5.92. The van der Waals surface area contributed by atoms with Crippen LogP contribution in [0.4, 0.5) is 0 Å². The molecule has 28 heavy (non-hydrogen) atoms. The number of methoxy groups -OCH3 is 1. The smallest absolute Gasteiger partial charge is 0.248 e. The maximum atomic E-state index is 12.3. The number of likely N-dealkylation sites (tertiary alicyclic amines) is 1. The van der Waals surface area contributed by atoms with E-state index in [4.69, 9.17) is 15.2 Å². The van der Waals surface area contributed by atoms with Gasteiger partial charge >= 0.3 is 0 Å². The van der Waals surface area contributed by atoms with E-state index >= 15 is 0 Å². The minimum atomic E-state index is -0.493. The van der Waals surface area contributed by atoms with E-state index in [1.807, 2.05) is 4.90 Å². The summed E-state index contributed by atoms with van der Waals surface area (Å²) in [5.74, 6) is 0.585. The van der Waals surface area contributed by atoms with Gasteiger partial charge < -0.3 is 20.1 Å². The van der Waals surface area contributed by atoms with Gasteiger partial charge in [0.2, 0.25) is 17.7 Å². The van der Waals surface area contributed by atoms with Crippen LogP contribution in [-0.4, -0.2) is 53.5 Å². The zero-order valence-corrected chi connectivity index (χ0v) is 15.8. The third-order valence-corrected chi connectivity index (χ3v) is 4.73. The second kappa shape index (κ2) is 9.27. The van der Waals surface area contributed by atoms with Gasteiger partial charge in [0.1, 0.15) is 11.4 Å². The second-order valence-corrected chi connectivity index (χ2v) is 6.66. The Kier molecular flexibility index (Phi) is 6.54. The number of ether oxygens (including phenoxy) is 2. The molecule has 0 bridgehead atoms. The largest absolute Gasteiger partial charge is 0.437 e. The predicted molar refractivity (Wildman–Crippen MR) is 102 cm³/mol. The Bertz CT molecular complexity index is 825. The van der Waals surface area contributed by atoms with Crippen LogP contribution in [-0.2, 0) is 9.53 Å². The average Bonchev–Trinajstić information content (AvgIpc) is 2.73. The van der Waals surface area contributed by atoms with Crippen LogP contribution in [0.15, 0.2) is 36.7 Å². The van der Waals surface area contributed by atoms with Gasteiger partial charge in [0.15, 0.2) is 0 Å². The summed E-state index contributed by atoms with van der Waals surface area (Å²) in [5.41, 5.74) is 6.40. The van der Waals surface area contributed by atoms with Crippen LogP contribution in [0.3, 0.4) is 0 Å². The molecule has 0 radical (unpaired) electrons. The van der Waals surface area contributed by atoms with Crippen molar-refractivity contribution in [2.75, 3.05) is 26.8 Å². The molecule has 2 aromatic rings. The Morgan fingerprint density at radius 2 is 1.96 bits per heavy atom. The Morgan fingerprint density at radius 1 is 1.21 bits per heavy atom. The molecule has 1 aromatic carbocycles. The van der Waals surface area contributed by atoms with Gasteiger partial charge in [-0.2, -0.15) is 0 Å². The van der Waals surface area contributed by atoms with E-state index in [9.17, 15) is 9.59 Å². The normalized spacial score (nSPS) is 16.6. The lowest BCUT2D eigenvalue weighted by molar-refractivity contribution is -0.133.